The molecule has 0 bridgehead atoms. The van der Waals surface area contributed by atoms with Gasteiger partial charge in [0.05, 0.1) is 28.1 Å². The highest BCUT2D eigenvalue weighted by Gasteiger charge is 2.48. The van der Waals surface area contributed by atoms with Crippen molar-refractivity contribution in [2.24, 2.45) is 0 Å². The number of para-hydroxylation sites is 1. The Bertz CT molecular complexity index is 1460. The summed E-state index contributed by atoms with van der Waals surface area (Å²) in [5.41, 5.74) is 2.51. The van der Waals surface area contributed by atoms with Crippen LogP contribution in [0, 0.1) is 0 Å². The summed E-state index contributed by atoms with van der Waals surface area (Å²) in [6.45, 7) is 6.48. The van der Waals surface area contributed by atoms with Crippen molar-refractivity contribution >= 4 is 44.1 Å². The molecule has 36 heavy (non-hydrogen) atoms. The molecule has 1 atom stereocenters. The van der Waals surface area contributed by atoms with Crippen LogP contribution in [-0.2, 0) is 9.59 Å². The van der Waals surface area contributed by atoms with Crippen molar-refractivity contribution in [2.75, 3.05) is 11.5 Å². The number of aliphatic hydroxyl groups is 1. The molecule has 0 spiro atoms. The van der Waals surface area contributed by atoms with Gasteiger partial charge in [0.25, 0.3) is 5.78 Å². The van der Waals surface area contributed by atoms with E-state index in [4.69, 9.17) is 4.74 Å². The molecule has 1 aliphatic heterocycles. The standard InChI is InChI=1S/C28H25N3O4S/c1-4-35-21-13-12-17(15-18(21)16(2)3)25(32)23-24(20-10-7-8-14-29-20)31(27(34)26(23)33)28-30-19-9-5-6-11-22(19)36-28/h5-16,24,32H,4H2,1-3H3/b25-23+. The van der Waals surface area contributed by atoms with Crippen LogP contribution in [0.25, 0.3) is 16.0 Å². The van der Waals surface area contributed by atoms with E-state index in [2.05, 4.69) is 9.97 Å². The van der Waals surface area contributed by atoms with E-state index in [0.29, 0.717) is 23.0 Å². The van der Waals surface area contributed by atoms with Crippen LogP contribution >= 0.6 is 11.3 Å². The van der Waals surface area contributed by atoms with Crippen molar-refractivity contribution in [3.8, 4) is 5.75 Å². The van der Waals surface area contributed by atoms with E-state index in [-0.39, 0.29) is 17.3 Å². The van der Waals surface area contributed by atoms with Crippen LogP contribution in [0.4, 0.5) is 5.13 Å². The minimum atomic E-state index is -0.916. The third kappa shape index (κ3) is 4.03. The fraction of sp³-hybridized carbons (Fsp3) is 0.214. The number of anilines is 1. The van der Waals surface area contributed by atoms with E-state index in [1.807, 2.05) is 51.1 Å². The largest absolute Gasteiger partial charge is 0.507 e. The molecule has 2 aromatic heterocycles. The number of carbonyl (C=O) groups excluding carboxylic acids is 2. The number of hydrogen-bond acceptors (Lipinski definition) is 7. The number of rotatable bonds is 6. The highest BCUT2D eigenvalue weighted by atomic mass is 32.1. The maximum Gasteiger partial charge on any atom is 0.301 e. The van der Waals surface area contributed by atoms with Crippen molar-refractivity contribution in [1.29, 1.82) is 0 Å². The van der Waals surface area contributed by atoms with E-state index in [9.17, 15) is 14.7 Å². The lowest BCUT2D eigenvalue weighted by Gasteiger charge is -2.22. The van der Waals surface area contributed by atoms with Crippen LogP contribution < -0.4 is 9.64 Å². The first-order chi connectivity index (χ1) is 17.4. The molecule has 1 unspecified atom stereocenters. The Balaban J connectivity index is 1.70. The van der Waals surface area contributed by atoms with Crippen molar-refractivity contribution in [1.82, 2.24) is 9.97 Å². The molecule has 1 N–H and O–H groups in total. The summed E-state index contributed by atoms with van der Waals surface area (Å²) in [5, 5.41) is 11.8. The zero-order chi connectivity index (χ0) is 25.4. The quantitative estimate of drug-likeness (QED) is 0.204. The Kier molecular flexibility index (Phi) is 6.28. The summed E-state index contributed by atoms with van der Waals surface area (Å²) in [6, 6.07) is 17.2. The molecular weight excluding hydrogens is 474 g/mol. The van der Waals surface area contributed by atoms with Gasteiger partial charge in [0.2, 0.25) is 0 Å². The lowest BCUT2D eigenvalue weighted by atomic mass is 9.94. The first-order valence-electron chi connectivity index (χ1n) is 11.7. The number of Topliss-reactive ketones (excluding diaryl/α,β-unsaturated/α-hetero) is 1. The molecule has 1 aliphatic rings. The number of benzene rings is 2. The Morgan fingerprint density at radius 2 is 1.89 bits per heavy atom. The highest BCUT2D eigenvalue weighted by Crippen LogP contribution is 2.44. The van der Waals surface area contributed by atoms with Gasteiger partial charge in [-0.3, -0.25) is 19.5 Å². The molecule has 0 aliphatic carbocycles. The predicted octanol–water partition coefficient (Wildman–Crippen LogP) is 5.84. The molecule has 1 fully saturated rings. The number of fused-ring (bicyclic) bond motifs is 1. The van der Waals surface area contributed by atoms with Crippen LogP contribution in [0.15, 0.2) is 72.4 Å². The highest BCUT2D eigenvalue weighted by molar-refractivity contribution is 7.22. The molecule has 1 amide bonds. The van der Waals surface area contributed by atoms with Crippen molar-refractivity contribution in [3.05, 3.63) is 89.3 Å². The van der Waals surface area contributed by atoms with Crippen LogP contribution in [0.3, 0.4) is 0 Å². The second-order valence-corrected chi connectivity index (χ2v) is 9.74. The molecule has 8 heteroatoms. The van der Waals surface area contributed by atoms with Gasteiger partial charge in [-0.25, -0.2) is 4.98 Å². The summed E-state index contributed by atoms with van der Waals surface area (Å²) < 4.78 is 6.64. The number of thiazole rings is 1. The number of nitrogens with zero attached hydrogens (tertiary/aromatic N) is 3. The van der Waals surface area contributed by atoms with Gasteiger partial charge >= 0.3 is 5.91 Å². The summed E-state index contributed by atoms with van der Waals surface area (Å²) in [5.74, 6) is -0.933. The number of aromatic nitrogens is 2. The summed E-state index contributed by atoms with van der Waals surface area (Å²) in [7, 11) is 0. The molecule has 2 aromatic carbocycles. The number of pyridine rings is 1. The molecular formula is C28H25N3O4S. The van der Waals surface area contributed by atoms with E-state index in [0.717, 1.165) is 21.5 Å². The average molecular weight is 500 g/mol. The lowest BCUT2D eigenvalue weighted by molar-refractivity contribution is -0.132. The molecule has 4 aromatic rings. The molecule has 0 radical (unpaired) electrons. The number of carbonyl (C=O) groups is 2. The number of ketones is 1. The minimum absolute atomic E-state index is 0.0168. The fourth-order valence-corrected chi connectivity index (χ4v) is 5.39. The smallest absolute Gasteiger partial charge is 0.301 e. The minimum Gasteiger partial charge on any atom is -0.507 e. The van der Waals surface area contributed by atoms with E-state index < -0.39 is 17.7 Å². The Morgan fingerprint density at radius 1 is 1.11 bits per heavy atom. The van der Waals surface area contributed by atoms with Crippen LogP contribution in [0.1, 0.15) is 49.6 Å². The molecule has 5 rings (SSSR count). The van der Waals surface area contributed by atoms with E-state index in [1.54, 1.807) is 36.5 Å². The third-order valence-electron chi connectivity index (χ3n) is 6.11. The van der Waals surface area contributed by atoms with Gasteiger partial charge in [-0.15, -0.1) is 0 Å². The molecule has 3 heterocycles. The zero-order valence-electron chi connectivity index (χ0n) is 20.1. The van der Waals surface area contributed by atoms with Gasteiger partial charge in [-0.1, -0.05) is 43.4 Å². The Hall–Kier alpha value is -4.04. The van der Waals surface area contributed by atoms with Gasteiger partial charge in [-0.05, 0) is 60.9 Å². The molecule has 7 nitrogen and oxygen atoms in total. The SMILES string of the molecule is CCOc1ccc(/C(O)=C2\C(=O)C(=O)N(c3nc4ccccc4s3)C2c2ccccn2)cc1C(C)C. The zero-order valence-corrected chi connectivity index (χ0v) is 21.0. The Labute approximate surface area is 212 Å². The lowest BCUT2D eigenvalue weighted by Crippen LogP contribution is -2.29. The number of hydrogen-bond donors (Lipinski definition) is 1. The van der Waals surface area contributed by atoms with E-state index >= 15 is 0 Å². The van der Waals surface area contributed by atoms with Gasteiger partial charge in [0.15, 0.2) is 5.13 Å². The molecule has 182 valence electrons. The topological polar surface area (TPSA) is 92.6 Å². The second kappa shape index (κ2) is 9.54. The van der Waals surface area contributed by atoms with Gasteiger partial charge in [-0.2, -0.15) is 0 Å². The number of ether oxygens (including phenoxy) is 1. The number of amides is 1. The van der Waals surface area contributed by atoms with Crippen LogP contribution in [-0.4, -0.2) is 33.4 Å². The number of aliphatic hydroxyl groups excluding tert-OH is 1. The van der Waals surface area contributed by atoms with Crippen LogP contribution in [0.2, 0.25) is 0 Å². The second-order valence-electron chi connectivity index (χ2n) is 8.73. The van der Waals surface area contributed by atoms with Crippen molar-refractivity contribution in [2.45, 2.75) is 32.7 Å². The van der Waals surface area contributed by atoms with E-state index in [1.165, 1.54) is 16.2 Å². The van der Waals surface area contributed by atoms with Gasteiger partial charge in [0, 0.05) is 11.8 Å². The first-order valence-corrected chi connectivity index (χ1v) is 12.6. The normalized spacial score (nSPS) is 17.3. The summed E-state index contributed by atoms with van der Waals surface area (Å²) >= 11 is 1.32. The maximum absolute atomic E-state index is 13.4. The van der Waals surface area contributed by atoms with Gasteiger partial charge < -0.3 is 9.84 Å². The van der Waals surface area contributed by atoms with Crippen LogP contribution in [0.5, 0.6) is 5.75 Å². The molecule has 1 saturated heterocycles. The average Bonchev–Trinajstić information content (AvgIpc) is 3.43. The predicted molar refractivity (Wildman–Crippen MR) is 140 cm³/mol. The first kappa shape index (κ1) is 23.7. The third-order valence-corrected chi connectivity index (χ3v) is 7.14. The summed E-state index contributed by atoms with van der Waals surface area (Å²) in [6.07, 6.45) is 1.60. The van der Waals surface area contributed by atoms with Gasteiger partial charge in [0.1, 0.15) is 17.6 Å². The monoisotopic (exact) mass is 499 g/mol. The fourth-order valence-electron chi connectivity index (χ4n) is 4.40. The maximum atomic E-state index is 13.4. The Morgan fingerprint density at radius 3 is 2.58 bits per heavy atom. The summed E-state index contributed by atoms with van der Waals surface area (Å²) in [4.78, 5) is 37.2. The molecule has 0 saturated carbocycles. The van der Waals surface area contributed by atoms with Crippen molar-refractivity contribution < 1.29 is 19.4 Å². The van der Waals surface area contributed by atoms with Crippen molar-refractivity contribution in [3.63, 3.8) is 0 Å².